The minimum absolute atomic E-state index is 0.373. The molecule has 0 aromatic carbocycles. The average molecular weight is 322 g/mol. The van der Waals surface area contributed by atoms with E-state index in [1.807, 2.05) is 17.6 Å². The molecule has 3 rings (SSSR count). The van der Waals surface area contributed by atoms with Crippen LogP contribution in [0.5, 0.6) is 0 Å². The van der Waals surface area contributed by atoms with E-state index in [0.717, 1.165) is 19.3 Å². The lowest BCUT2D eigenvalue weighted by molar-refractivity contribution is 0.265. The summed E-state index contributed by atoms with van der Waals surface area (Å²) in [6.45, 7) is 1.24. The van der Waals surface area contributed by atoms with Gasteiger partial charge < -0.3 is 0 Å². The highest BCUT2D eigenvalue weighted by atomic mass is 32.2. The van der Waals surface area contributed by atoms with Crippen molar-refractivity contribution in [3.8, 4) is 0 Å². The van der Waals surface area contributed by atoms with Gasteiger partial charge in [-0.1, -0.05) is 12.1 Å². The Morgan fingerprint density at radius 3 is 2.95 bits per heavy atom. The molecular formula is C15H18N2O2S2. The van der Waals surface area contributed by atoms with E-state index in [-0.39, 0.29) is 0 Å². The zero-order chi connectivity index (χ0) is 14.7. The fraction of sp³-hybridized carbons (Fsp3) is 0.400. The number of pyridine rings is 1. The third kappa shape index (κ3) is 3.33. The second kappa shape index (κ2) is 6.25. The lowest BCUT2D eigenvalue weighted by Crippen LogP contribution is -2.40. The van der Waals surface area contributed by atoms with E-state index in [0.29, 0.717) is 23.2 Å². The van der Waals surface area contributed by atoms with Gasteiger partial charge in [0, 0.05) is 25.5 Å². The Kier molecular flexibility index (Phi) is 4.37. The molecule has 0 aliphatic carbocycles. The van der Waals surface area contributed by atoms with Gasteiger partial charge in [0.15, 0.2) is 0 Å². The lowest BCUT2D eigenvalue weighted by Gasteiger charge is -2.31. The molecule has 0 bridgehead atoms. The summed E-state index contributed by atoms with van der Waals surface area (Å²) >= 11 is 1.29. The second-order valence-electron chi connectivity index (χ2n) is 5.37. The van der Waals surface area contributed by atoms with Gasteiger partial charge in [0.2, 0.25) is 0 Å². The van der Waals surface area contributed by atoms with Crippen molar-refractivity contribution >= 4 is 21.4 Å². The van der Waals surface area contributed by atoms with Crippen LogP contribution in [-0.2, 0) is 16.4 Å². The molecule has 6 heteroatoms. The molecule has 0 saturated carbocycles. The third-order valence-electron chi connectivity index (χ3n) is 3.82. The van der Waals surface area contributed by atoms with E-state index in [9.17, 15) is 8.42 Å². The van der Waals surface area contributed by atoms with E-state index < -0.39 is 10.0 Å². The average Bonchev–Trinajstić information content (AvgIpc) is 3.04. The number of rotatable bonds is 4. The van der Waals surface area contributed by atoms with Gasteiger partial charge in [0.25, 0.3) is 10.0 Å². The molecule has 21 heavy (non-hydrogen) atoms. The summed E-state index contributed by atoms with van der Waals surface area (Å²) in [5.41, 5.74) is 1.18. The van der Waals surface area contributed by atoms with Crippen molar-refractivity contribution in [1.29, 1.82) is 0 Å². The van der Waals surface area contributed by atoms with Crippen LogP contribution in [0, 0.1) is 5.92 Å². The molecule has 4 nitrogen and oxygen atoms in total. The van der Waals surface area contributed by atoms with Gasteiger partial charge in [0.05, 0.1) is 0 Å². The van der Waals surface area contributed by atoms with Crippen molar-refractivity contribution in [2.75, 3.05) is 13.1 Å². The summed E-state index contributed by atoms with van der Waals surface area (Å²) < 4.78 is 27.2. The number of nitrogens with zero attached hydrogens (tertiary/aromatic N) is 2. The summed E-state index contributed by atoms with van der Waals surface area (Å²) in [6, 6.07) is 7.46. The maximum atomic E-state index is 12.6. The largest absolute Gasteiger partial charge is 0.264 e. The molecule has 3 heterocycles. The van der Waals surface area contributed by atoms with Crippen LogP contribution in [0.25, 0.3) is 0 Å². The predicted molar refractivity (Wildman–Crippen MR) is 83.7 cm³/mol. The zero-order valence-electron chi connectivity index (χ0n) is 11.7. The number of hydrogen-bond donors (Lipinski definition) is 0. The minimum atomic E-state index is -3.31. The smallest absolute Gasteiger partial charge is 0.252 e. The molecule has 1 atom stereocenters. The summed E-state index contributed by atoms with van der Waals surface area (Å²) in [5, 5.41) is 1.81. The number of sulfonamides is 1. The van der Waals surface area contributed by atoms with Gasteiger partial charge >= 0.3 is 0 Å². The monoisotopic (exact) mass is 322 g/mol. The van der Waals surface area contributed by atoms with Crippen molar-refractivity contribution in [2.24, 2.45) is 5.92 Å². The van der Waals surface area contributed by atoms with Crippen molar-refractivity contribution < 1.29 is 8.42 Å². The Morgan fingerprint density at radius 2 is 2.24 bits per heavy atom. The van der Waals surface area contributed by atoms with E-state index in [1.165, 1.54) is 16.9 Å². The molecule has 0 spiro atoms. The highest BCUT2D eigenvalue weighted by molar-refractivity contribution is 7.91. The van der Waals surface area contributed by atoms with Crippen LogP contribution in [0.3, 0.4) is 0 Å². The van der Waals surface area contributed by atoms with Crippen LogP contribution >= 0.6 is 11.3 Å². The van der Waals surface area contributed by atoms with Crippen molar-refractivity contribution in [3.05, 3.63) is 47.6 Å². The van der Waals surface area contributed by atoms with Crippen molar-refractivity contribution in [1.82, 2.24) is 9.29 Å². The van der Waals surface area contributed by atoms with Crippen molar-refractivity contribution in [2.45, 2.75) is 23.5 Å². The van der Waals surface area contributed by atoms with Crippen LogP contribution in [0.1, 0.15) is 18.4 Å². The van der Waals surface area contributed by atoms with Gasteiger partial charge in [-0.25, -0.2) is 8.42 Å². The Labute approximate surface area is 129 Å². The van der Waals surface area contributed by atoms with Gasteiger partial charge in [0.1, 0.15) is 4.21 Å². The number of hydrogen-bond acceptors (Lipinski definition) is 4. The maximum absolute atomic E-state index is 12.6. The summed E-state index contributed by atoms with van der Waals surface area (Å²) in [4.78, 5) is 4.13. The molecule has 1 fully saturated rings. The van der Waals surface area contributed by atoms with E-state index in [1.54, 1.807) is 22.6 Å². The van der Waals surface area contributed by atoms with Crippen molar-refractivity contribution in [3.63, 3.8) is 0 Å². The summed E-state index contributed by atoms with van der Waals surface area (Å²) in [6.07, 6.45) is 6.52. The first-order valence-corrected chi connectivity index (χ1v) is 9.41. The maximum Gasteiger partial charge on any atom is 0.252 e. The lowest BCUT2D eigenvalue weighted by atomic mass is 9.93. The SMILES string of the molecule is O=S(=O)(c1cccs1)N1CCCC(Cc2cccnc2)C1. The molecular weight excluding hydrogens is 304 g/mol. The van der Waals surface area contributed by atoms with Crippen LogP contribution in [0.4, 0.5) is 0 Å². The molecule has 1 aliphatic rings. The Hall–Kier alpha value is -1.24. The Morgan fingerprint density at radius 1 is 1.33 bits per heavy atom. The van der Waals surface area contributed by atoms with Gasteiger partial charge in [-0.15, -0.1) is 11.3 Å². The molecule has 1 saturated heterocycles. The first-order valence-electron chi connectivity index (χ1n) is 7.09. The van der Waals surface area contributed by atoms with Crippen LogP contribution in [0.2, 0.25) is 0 Å². The standard InChI is InChI=1S/C15H18N2O2S2/c18-21(19,15-6-3-9-20-15)17-8-2-5-14(12-17)10-13-4-1-7-16-11-13/h1,3-4,6-7,9,11,14H,2,5,8,10,12H2. The first-order chi connectivity index (χ1) is 10.2. The van der Waals surface area contributed by atoms with Gasteiger partial charge in [-0.2, -0.15) is 4.31 Å². The van der Waals surface area contributed by atoms with E-state index in [4.69, 9.17) is 0 Å². The molecule has 2 aromatic heterocycles. The van der Waals surface area contributed by atoms with E-state index in [2.05, 4.69) is 11.1 Å². The molecule has 2 aromatic rings. The van der Waals surface area contributed by atoms with Gasteiger partial charge in [-0.3, -0.25) is 4.98 Å². The fourth-order valence-corrected chi connectivity index (χ4v) is 5.50. The number of aromatic nitrogens is 1. The quantitative estimate of drug-likeness (QED) is 0.870. The Balaban J connectivity index is 1.71. The molecule has 0 N–H and O–H groups in total. The fourth-order valence-electron chi connectivity index (χ4n) is 2.80. The number of piperidine rings is 1. The zero-order valence-corrected chi connectivity index (χ0v) is 13.3. The second-order valence-corrected chi connectivity index (χ2v) is 8.48. The van der Waals surface area contributed by atoms with Crippen LogP contribution < -0.4 is 0 Å². The molecule has 1 unspecified atom stereocenters. The highest BCUT2D eigenvalue weighted by Crippen LogP contribution is 2.27. The van der Waals surface area contributed by atoms with E-state index >= 15 is 0 Å². The van der Waals surface area contributed by atoms with Crippen LogP contribution in [0.15, 0.2) is 46.2 Å². The topological polar surface area (TPSA) is 50.3 Å². The molecule has 0 amide bonds. The van der Waals surface area contributed by atoms with Crippen LogP contribution in [-0.4, -0.2) is 30.8 Å². The minimum Gasteiger partial charge on any atom is -0.264 e. The molecule has 112 valence electrons. The summed E-state index contributed by atoms with van der Waals surface area (Å²) in [5.74, 6) is 0.373. The third-order valence-corrected chi connectivity index (χ3v) is 7.06. The molecule has 0 radical (unpaired) electrons. The predicted octanol–water partition coefficient (Wildman–Crippen LogP) is 2.79. The Bertz CT molecular complexity index is 669. The number of thiophene rings is 1. The molecule has 1 aliphatic heterocycles. The normalized spacial score (nSPS) is 20.5. The van der Waals surface area contributed by atoms with Gasteiger partial charge in [-0.05, 0) is 48.3 Å². The first kappa shape index (κ1) is 14.7. The summed E-state index contributed by atoms with van der Waals surface area (Å²) in [7, 11) is -3.31. The highest BCUT2D eigenvalue weighted by Gasteiger charge is 2.30.